The largest absolute Gasteiger partial charge is 0.497 e. The molecule has 1 heterocycles. The molecule has 1 aromatic carbocycles. The average molecular weight is 245 g/mol. The monoisotopic (exact) mass is 245 g/mol. The van der Waals surface area contributed by atoms with E-state index in [0.29, 0.717) is 6.04 Å². The predicted octanol–water partition coefficient (Wildman–Crippen LogP) is 2.90. The quantitative estimate of drug-likeness (QED) is 0.821. The van der Waals surface area contributed by atoms with Crippen LogP contribution >= 0.6 is 0 Å². The number of piperidine rings is 1. The molecule has 2 nitrogen and oxygen atoms in total. The molecule has 1 fully saturated rings. The van der Waals surface area contributed by atoms with Crippen LogP contribution in [0.4, 0.5) is 0 Å². The van der Waals surface area contributed by atoms with Gasteiger partial charge in [-0.25, -0.2) is 0 Å². The second kappa shape index (κ2) is 4.27. The van der Waals surface area contributed by atoms with E-state index in [1.807, 2.05) is 0 Å². The van der Waals surface area contributed by atoms with Crippen molar-refractivity contribution in [2.24, 2.45) is 5.92 Å². The van der Waals surface area contributed by atoms with E-state index in [1.165, 1.54) is 36.9 Å². The lowest BCUT2D eigenvalue weighted by molar-refractivity contribution is 0.168. The van der Waals surface area contributed by atoms with Gasteiger partial charge in [0.15, 0.2) is 0 Å². The number of fused-ring (bicyclic) bond motifs is 2. The number of hydrogen-bond donors (Lipinski definition) is 1. The Morgan fingerprint density at radius 2 is 2.17 bits per heavy atom. The molecule has 0 spiro atoms. The first-order valence-electron chi connectivity index (χ1n) is 7.03. The molecule has 3 rings (SSSR count). The molecule has 0 bridgehead atoms. The highest BCUT2D eigenvalue weighted by molar-refractivity contribution is 5.43. The molecule has 2 atom stereocenters. The SMILES string of the molecule is COc1ccc2c(c1)C(C)(C)[C@@H]1CCCN[C@@H]1C2. The Hall–Kier alpha value is -1.02. The Kier molecular flexibility index (Phi) is 2.86. The molecule has 1 N–H and O–H groups in total. The fourth-order valence-electron chi connectivity index (χ4n) is 3.93. The van der Waals surface area contributed by atoms with Gasteiger partial charge in [-0.2, -0.15) is 0 Å². The third kappa shape index (κ3) is 1.74. The van der Waals surface area contributed by atoms with E-state index >= 15 is 0 Å². The van der Waals surface area contributed by atoms with Crippen molar-refractivity contribution in [2.45, 2.75) is 44.6 Å². The van der Waals surface area contributed by atoms with Gasteiger partial charge in [0.25, 0.3) is 0 Å². The van der Waals surface area contributed by atoms with Gasteiger partial charge in [0.1, 0.15) is 5.75 Å². The molecule has 1 aliphatic carbocycles. The van der Waals surface area contributed by atoms with Crippen molar-refractivity contribution in [3.8, 4) is 5.75 Å². The Labute approximate surface area is 110 Å². The Bertz CT molecular complexity index is 452. The molecule has 0 aromatic heterocycles. The molecule has 0 amide bonds. The summed E-state index contributed by atoms with van der Waals surface area (Å²) >= 11 is 0. The summed E-state index contributed by atoms with van der Waals surface area (Å²) in [6, 6.07) is 7.26. The van der Waals surface area contributed by atoms with Crippen LogP contribution in [0.2, 0.25) is 0 Å². The van der Waals surface area contributed by atoms with Gasteiger partial charge in [0.05, 0.1) is 7.11 Å². The second-order valence-electron chi connectivity index (χ2n) is 6.26. The molecule has 2 aliphatic rings. The zero-order valence-corrected chi connectivity index (χ0v) is 11.6. The van der Waals surface area contributed by atoms with Crippen LogP contribution in [0.25, 0.3) is 0 Å². The van der Waals surface area contributed by atoms with Gasteiger partial charge in [0.2, 0.25) is 0 Å². The van der Waals surface area contributed by atoms with Crippen LogP contribution in [-0.4, -0.2) is 19.7 Å². The van der Waals surface area contributed by atoms with E-state index < -0.39 is 0 Å². The van der Waals surface area contributed by atoms with Gasteiger partial charge in [0, 0.05) is 6.04 Å². The van der Waals surface area contributed by atoms with Crippen LogP contribution in [0, 0.1) is 5.92 Å². The van der Waals surface area contributed by atoms with E-state index in [4.69, 9.17) is 4.74 Å². The first-order valence-corrected chi connectivity index (χ1v) is 7.03. The van der Waals surface area contributed by atoms with Gasteiger partial charge in [-0.3, -0.25) is 0 Å². The molecule has 0 unspecified atom stereocenters. The first kappa shape index (κ1) is 12.0. The maximum atomic E-state index is 5.39. The molecule has 18 heavy (non-hydrogen) atoms. The van der Waals surface area contributed by atoms with Crippen LogP contribution in [0.1, 0.15) is 37.8 Å². The number of hydrogen-bond acceptors (Lipinski definition) is 2. The number of nitrogens with one attached hydrogen (secondary N) is 1. The second-order valence-corrected chi connectivity index (χ2v) is 6.26. The van der Waals surface area contributed by atoms with Crippen molar-refractivity contribution in [3.63, 3.8) is 0 Å². The molecule has 2 heteroatoms. The van der Waals surface area contributed by atoms with E-state index in [-0.39, 0.29) is 5.41 Å². The van der Waals surface area contributed by atoms with Gasteiger partial charge in [-0.1, -0.05) is 19.9 Å². The van der Waals surface area contributed by atoms with Crippen LogP contribution in [-0.2, 0) is 11.8 Å². The number of rotatable bonds is 1. The van der Waals surface area contributed by atoms with Crippen LogP contribution < -0.4 is 10.1 Å². The summed E-state index contributed by atoms with van der Waals surface area (Å²) in [7, 11) is 1.75. The van der Waals surface area contributed by atoms with Gasteiger partial charge in [-0.15, -0.1) is 0 Å². The Morgan fingerprint density at radius 1 is 1.33 bits per heavy atom. The van der Waals surface area contributed by atoms with Gasteiger partial charge >= 0.3 is 0 Å². The minimum Gasteiger partial charge on any atom is -0.497 e. The van der Waals surface area contributed by atoms with E-state index in [2.05, 4.69) is 37.4 Å². The van der Waals surface area contributed by atoms with Crippen molar-refractivity contribution in [3.05, 3.63) is 29.3 Å². The fraction of sp³-hybridized carbons (Fsp3) is 0.625. The van der Waals surface area contributed by atoms with E-state index in [9.17, 15) is 0 Å². The third-order valence-corrected chi connectivity index (χ3v) is 4.96. The molecule has 0 radical (unpaired) electrons. The molecular formula is C16H23NO. The lowest BCUT2D eigenvalue weighted by Crippen LogP contribution is -2.53. The summed E-state index contributed by atoms with van der Waals surface area (Å²) in [5.74, 6) is 1.75. The van der Waals surface area contributed by atoms with E-state index in [1.54, 1.807) is 7.11 Å². The number of ether oxygens (including phenoxy) is 1. The zero-order valence-electron chi connectivity index (χ0n) is 11.6. The maximum absolute atomic E-state index is 5.39. The van der Waals surface area contributed by atoms with Crippen molar-refractivity contribution in [2.75, 3.05) is 13.7 Å². The third-order valence-electron chi connectivity index (χ3n) is 4.96. The highest BCUT2D eigenvalue weighted by Gasteiger charge is 2.43. The zero-order chi connectivity index (χ0) is 12.8. The Balaban J connectivity index is 2.06. The summed E-state index contributed by atoms with van der Waals surface area (Å²) in [5.41, 5.74) is 3.24. The van der Waals surface area contributed by atoms with Gasteiger partial charge in [-0.05, 0) is 60.4 Å². The normalized spacial score (nSPS) is 29.3. The fourth-order valence-corrected chi connectivity index (χ4v) is 3.93. The number of benzene rings is 1. The standard InChI is InChI=1S/C16H23NO/c1-16(2)13-5-4-8-17-15(13)9-11-6-7-12(18-3)10-14(11)16/h6-7,10,13,15,17H,4-5,8-9H2,1-3H3/t13-,15-/m1/s1. The lowest BCUT2D eigenvalue weighted by atomic mass is 9.61. The summed E-state index contributed by atoms with van der Waals surface area (Å²) < 4.78 is 5.39. The topological polar surface area (TPSA) is 21.3 Å². The smallest absolute Gasteiger partial charge is 0.119 e. The minimum atomic E-state index is 0.250. The van der Waals surface area contributed by atoms with Crippen molar-refractivity contribution in [1.82, 2.24) is 5.32 Å². The molecule has 0 saturated carbocycles. The van der Waals surface area contributed by atoms with Gasteiger partial charge < -0.3 is 10.1 Å². The molecule has 1 aliphatic heterocycles. The number of methoxy groups -OCH3 is 1. The first-order chi connectivity index (χ1) is 8.63. The highest BCUT2D eigenvalue weighted by atomic mass is 16.5. The highest BCUT2D eigenvalue weighted by Crippen LogP contribution is 2.45. The summed E-state index contributed by atoms with van der Waals surface area (Å²) in [6.07, 6.45) is 3.83. The van der Waals surface area contributed by atoms with E-state index in [0.717, 1.165) is 11.7 Å². The van der Waals surface area contributed by atoms with Crippen molar-refractivity contribution < 1.29 is 4.74 Å². The predicted molar refractivity (Wildman–Crippen MR) is 74.2 cm³/mol. The molecule has 1 aromatic rings. The lowest BCUT2D eigenvalue weighted by Gasteiger charge is -2.48. The molecule has 98 valence electrons. The molecular weight excluding hydrogens is 222 g/mol. The Morgan fingerprint density at radius 3 is 2.94 bits per heavy atom. The summed E-state index contributed by atoms with van der Waals surface area (Å²) in [4.78, 5) is 0. The van der Waals surface area contributed by atoms with Crippen LogP contribution in [0.3, 0.4) is 0 Å². The van der Waals surface area contributed by atoms with Crippen LogP contribution in [0.15, 0.2) is 18.2 Å². The maximum Gasteiger partial charge on any atom is 0.119 e. The summed E-state index contributed by atoms with van der Waals surface area (Å²) in [5, 5.41) is 3.71. The average Bonchev–Trinajstić information content (AvgIpc) is 2.39. The minimum absolute atomic E-state index is 0.250. The molecule has 1 saturated heterocycles. The van der Waals surface area contributed by atoms with Crippen molar-refractivity contribution >= 4 is 0 Å². The van der Waals surface area contributed by atoms with Crippen LogP contribution in [0.5, 0.6) is 5.75 Å². The summed E-state index contributed by atoms with van der Waals surface area (Å²) in [6.45, 7) is 5.98. The van der Waals surface area contributed by atoms with Crippen molar-refractivity contribution in [1.29, 1.82) is 0 Å².